The summed E-state index contributed by atoms with van der Waals surface area (Å²) in [7, 11) is 0. The van der Waals surface area contributed by atoms with Crippen LogP contribution in [-0.4, -0.2) is 17.6 Å². The van der Waals surface area contributed by atoms with Crippen molar-refractivity contribution in [3.63, 3.8) is 0 Å². The maximum atomic E-state index is 13.3. The third-order valence-corrected chi connectivity index (χ3v) is 3.47. The van der Waals surface area contributed by atoms with E-state index < -0.39 is 0 Å². The average Bonchev–Trinajstić information content (AvgIpc) is 3.06. The summed E-state index contributed by atoms with van der Waals surface area (Å²) in [6, 6.07) is 5.68. The first-order chi connectivity index (χ1) is 8.24. The van der Waals surface area contributed by atoms with Crippen molar-refractivity contribution in [2.75, 3.05) is 6.54 Å². The summed E-state index contributed by atoms with van der Waals surface area (Å²) in [6.45, 7) is 3.04. The first-order valence-electron chi connectivity index (χ1n) is 6.24. The van der Waals surface area contributed by atoms with E-state index >= 15 is 0 Å². The Morgan fingerprint density at radius 3 is 3.00 bits per heavy atom. The Labute approximate surface area is 100 Å². The molecule has 1 aromatic heterocycles. The third kappa shape index (κ3) is 2.20. The molecule has 0 unspecified atom stereocenters. The topological polar surface area (TPSA) is 27.8 Å². The second-order valence-electron chi connectivity index (χ2n) is 4.90. The number of hydrogen-bond donors (Lipinski definition) is 2. The van der Waals surface area contributed by atoms with Crippen LogP contribution in [-0.2, 0) is 6.42 Å². The molecule has 2 N–H and O–H groups in total. The molecule has 0 saturated heterocycles. The van der Waals surface area contributed by atoms with E-state index in [0.29, 0.717) is 0 Å². The number of aromatic nitrogens is 1. The largest absolute Gasteiger partial charge is 0.358 e. The summed E-state index contributed by atoms with van der Waals surface area (Å²) in [5.74, 6) is -0.159. The molecule has 2 aromatic rings. The Hall–Kier alpha value is -1.35. The lowest BCUT2D eigenvalue weighted by molar-refractivity contribution is 0.629. The molecule has 1 saturated carbocycles. The molecule has 0 radical (unpaired) electrons. The highest BCUT2D eigenvalue weighted by Gasteiger charge is 2.20. The lowest BCUT2D eigenvalue weighted by Gasteiger charge is -2.03. The number of fused-ring (bicyclic) bond motifs is 1. The monoisotopic (exact) mass is 232 g/mol. The maximum absolute atomic E-state index is 13.3. The van der Waals surface area contributed by atoms with Crippen LogP contribution in [0.1, 0.15) is 24.1 Å². The van der Waals surface area contributed by atoms with Gasteiger partial charge in [-0.25, -0.2) is 4.39 Å². The molecule has 1 aromatic carbocycles. The molecule has 17 heavy (non-hydrogen) atoms. The van der Waals surface area contributed by atoms with Crippen molar-refractivity contribution in [3.05, 3.63) is 35.3 Å². The number of nitrogens with one attached hydrogen (secondary N) is 2. The first kappa shape index (κ1) is 10.8. The zero-order chi connectivity index (χ0) is 11.8. The minimum Gasteiger partial charge on any atom is -0.358 e. The number of halogens is 1. The van der Waals surface area contributed by atoms with E-state index in [1.807, 2.05) is 6.07 Å². The van der Waals surface area contributed by atoms with Crippen LogP contribution in [0, 0.1) is 12.7 Å². The highest BCUT2D eigenvalue weighted by atomic mass is 19.1. The van der Waals surface area contributed by atoms with Gasteiger partial charge < -0.3 is 10.3 Å². The molecule has 0 atom stereocenters. The average molecular weight is 232 g/mol. The molecular formula is C14H17FN2. The van der Waals surface area contributed by atoms with E-state index in [-0.39, 0.29) is 5.82 Å². The van der Waals surface area contributed by atoms with Crippen molar-refractivity contribution in [1.29, 1.82) is 0 Å². The molecular weight excluding hydrogens is 215 g/mol. The second-order valence-corrected chi connectivity index (χ2v) is 4.90. The Kier molecular flexibility index (Phi) is 2.63. The van der Waals surface area contributed by atoms with Gasteiger partial charge in [0, 0.05) is 22.6 Å². The quantitative estimate of drug-likeness (QED) is 0.833. The highest BCUT2D eigenvalue weighted by Crippen LogP contribution is 2.24. The van der Waals surface area contributed by atoms with Crippen LogP contribution in [0.3, 0.4) is 0 Å². The summed E-state index contributed by atoms with van der Waals surface area (Å²) in [5, 5.41) is 4.52. The Balaban J connectivity index is 1.84. The first-order valence-corrected chi connectivity index (χ1v) is 6.24. The van der Waals surface area contributed by atoms with E-state index in [4.69, 9.17) is 0 Å². The SMILES string of the molecule is Cc1[nH]c2ccc(F)cc2c1CCNC1CC1. The predicted octanol–water partition coefficient (Wildman–Crippen LogP) is 2.91. The van der Waals surface area contributed by atoms with Crippen LogP contribution < -0.4 is 5.32 Å². The molecule has 1 aliphatic rings. The molecule has 1 heterocycles. The van der Waals surface area contributed by atoms with Crippen LogP contribution in [0.4, 0.5) is 4.39 Å². The number of aryl methyl sites for hydroxylation is 1. The summed E-state index contributed by atoms with van der Waals surface area (Å²) in [5.41, 5.74) is 3.43. The lowest BCUT2D eigenvalue weighted by atomic mass is 10.1. The van der Waals surface area contributed by atoms with E-state index in [2.05, 4.69) is 17.2 Å². The van der Waals surface area contributed by atoms with E-state index in [1.54, 1.807) is 6.07 Å². The number of rotatable bonds is 4. The Bertz CT molecular complexity index is 540. The van der Waals surface area contributed by atoms with Crippen molar-refractivity contribution < 1.29 is 4.39 Å². The van der Waals surface area contributed by atoms with Crippen LogP contribution in [0.25, 0.3) is 10.9 Å². The summed E-state index contributed by atoms with van der Waals surface area (Å²) in [6.07, 6.45) is 3.58. The number of benzene rings is 1. The van der Waals surface area contributed by atoms with Crippen LogP contribution in [0.5, 0.6) is 0 Å². The molecule has 0 spiro atoms. The van der Waals surface area contributed by atoms with Gasteiger partial charge in [0.25, 0.3) is 0 Å². The predicted molar refractivity (Wildman–Crippen MR) is 67.7 cm³/mol. The summed E-state index contributed by atoms with van der Waals surface area (Å²) >= 11 is 0. The van der Waals surface area contributed by atoms with Crippen molar-refractivity contribution in [2.45, 2.75) is 32.2 Å². The van der Waals surface area contributed by atoms with E-state index in [0.717, 1.165) is 35.6 Å². The van der Waals surface area contributed by atoms with Gasteiger partial charge in [-0.05, 0) is 56.5 Å². The van der Waals surface area contributed by atoms with Gasteiger partial charge in [0.1, 0.15) is 5.82 Å². The molecule has 3 heteroatoms. The van der Waals surface area contributed by atoms with Gasteiger partial charge in [0.15, 0.2) is 0 Å². The third-order valence-electron chi connectivity index (χ3n) is 3.47. The van der Waals surface area contributed by atoms with Gasteiger partial charge in [-0.3, -0.25) is 0 Å². The normalized spacial score (nSPS) is 15.6. The standard InChI is InChI=1S/C14H17FN2/c1-9-12(6-7-16-11-3-4-11)13-8-10(15)2-5-14(13)17-9/h2,5,8,11,16-17H,3-4,6-7H2,1H3. The van der Waals surface area contributed by atoms with Gasteiger partial charge in [0.2, 0.25) is 0 Å². The van der Waals surface area contributed by atoms with Crippen molar-refractivity contribution >= 4 is 10.9 Å². The van der Waals surface area contributed by atoms with Gasteiger partial charge >= 0.3 is 0 Å². The molecule has 1 aliphatic carbocycles. The summed E-state index contributed by atoms with van der Waals surface area (Å²) in [4.78, 5) is 3.31. The van der Waals surface area contributed by atoms with Crippen LogP contribution >= 0.6 is 0 Å². The lowest BCUT2D eigenvalue weighted by Crippen LogP contribution is -2.19. The molecule has 90 valence electrons. The van der Waals surface area contributed by atoms with Gasteiger partial charge in [-0.2, -0.15) is 0 Å². The molecule has 3 rings (SSSR count). The zero-order valence-electron chi connectivity index (χ0n) is 10.0. The molecule has 1 fully saturated rings. The van der Waals surface area contributed by atoms with Crippen LogP contribution in [0.2, 0.25) is 0 Å². The maximum Gasteiger partial charge on any atom is 0.123 e. The number of H-pyrrole nitrogens is 1. The molecule has 2 nitrogen and oxygen atoms in total. The molecule has 0 aliphatic heterocycles. The van der Waals surface area contributed by atoms with Gasteiger partial charge in [0.05, 0.1) is 0 Å². The van der Waals surface area contributed by atoms with Crippen molar-refractivity contribution in [3.8, 4) is 0 Å². The van der Waals surface area contributed by atoms with Crippen molar-refractivity contribution in [1.82, 2.24) is 10.3 Å². The fraction of sp³-hybridized carbons (Fsp3) is 0.429. The van der Waals surface area contributed by atoms with Crippen LogP contribution in [0.15, 0.2) is 18.2 Å². The highest BCUT2D eigenvalue weighted by molar-refractivity contribution is 5.84. The zero-order valence-corrected chi connectivity index (χ0v) is 10.0. The van der Waals surface area contributed by atoms with Gasteiger partial charge in [-0.1, -0.05) is 0 Å². The Morgan fingerprint density at radius 1 is 1.41 bits per heavy atom. The van der Waals surface area contributed by atoms with E-state index in [1.165, 1.54) is 24.5 Å². The second kappa shape index (κ2) is 4.15. The van der Waals surface area contributed by atoms with Gasteiger partial charge in [-0.15, -0.1) is 0 Å². The van der Waals surface area contributed by atoms with E-state index in [9.17, 15) is 4.39 Å². The summed E-state index contributed by atoms with van der Waals surface area (Å²) < 4.78 is 13.3. The number of hydrogen-bond acceptors (Lipinski definition) is 1. The molecule has 0 amide bonds. The number of aromatic amines is 1. The minimum absolute atomic E-state index is 0.159. The minimum atomic E-state index is -0.159. The van der Waals surface area contributed by atoms with Crippen molar-refractivity contribution in [2.24, 2.45) is 0 Å². The molecule has 0 bridgehead atoms. The smallest absolute Gasteiger partial charge is 0.123 e. The fourth-order valence-corrected chi connectivity index (χ4v) is 2.37. The fourth-order valence-electron chi connectivity index (χ4n) is 2.37. The Morgan fingerprint density at radius 2 is 2.24 bits per heavy atom.